The molecule has 9 heterocycles. The average Bonchev–Trinajstić information content (AvgIpc) is 1.63. The number of benzene rings is 3. The fraction of sp³-hybridized carbons (Fsp3) is 0.530. The quantitative estimate of drug-likeness (QED) is 0.0897. The van der Waals surface area contributed by atoms with Gasteiger partial charge in [0.25, 0.3) is 17.7 Å². The number of nitrogens with one attached hydrogen (secondary N) is 3. The Morgan fingerprint density at radius 3 is 2.33 bits per heavy atom. The molecule has 3 aromatic carbocycles. The highest BCUT2D eigenvalue weighted by Gasteiger charge is 2.56. The highest BCUT2D eigenvalue weighted by Crippen LogP contribution is 2.52. The summed E-state index contributed by atoms with van der Waals surface area (Å²) in [6.07, 6.45) is 11.9. The number of piperidine rings is 4. The number of rotatable bonds is 14. The van der Waals surface area contributed by atoms with E-state index in [1.165, 1.54) is 25.3 Å². The molecule has 3 N–H and O–H groups in total. The minimum Gasteiger partial charge on any atom is -0.371 e. The second-order valence-electron chi connectivity index (χ2n) is 26.4. The van der Waals surface area contributed by atoms with E-state index in [-0.39, 0.29) is 71.4 Å². The van der Waals surface area contributed by atoms with Gasteiger partial charge >= 0.3 is 0 Å². The number of nitrogens with zero attached hydrogens (tertiary/aromatic N) is 9. The maximum Gasteiger partial charge on any atom is 0.262 e. The number of imidazole rings is 1. The summed E-state index contributed by atoms with van der Waals surface area (Å²) in [5.41, 5.74) is 6.32. The third-order valence-electron chi connectivity index (χ3n) is 20.0. The first kappa shape index (κ1) is 57.5. The van der Waals surface area contributed by atoms with Gasteiger partial charge in [-0.3, -0.25) is 43.8 Å². The van der Waals surface area contributed by atoms with E-state index >= 15 is 9.18 Å². The molecule has 7 amide bonds. The smallest absolute Gasteiger partial charge is 0.262 e. The molecule has 6 fully saturated rings. The zero-order chi connectivity index (χ0) is 59.9. The van der Waals surface area contributed by atoms with Crippen molar-refractivity contribution in [1.82, 2.24) is 44.8 Å². The molecule has 3 atom stereocenters. The summed E-state index contributed by atoms with van der Waals surface area (Å²) >= 11 is 0. The van der Waals surface area contributed by atoms with Crippen LogP contribution in [0.1, 0.15) is 159 Å². The highest BCUT2D eigenvalue weighted by molar-refractivity contribution is 6.24. The van der Waals surface area contributed by atoms with Crippen LogP contribution < -0.4 is 25.8 Å². The average molecular weight is 1170 g/mol. The molecule has 2 aromatic heterocycles. The van der Waals surface area contributed by atoms with Crippen molar-refractivity contribution in [2.24, 2.45) is 11.8 Å². The van der Waals surface area contributed by atoms with Crippen LogP contribution >= 0.6 is 0 Å². The molecule has 5 saturated heterocycles. The van der Waals surface area contributed by atoms with Gasteiger partial charge in [-0.2, -0.15) is 0 Å². The number of imide groups is 2. The highest BCUT2D eigenvalue weighted by atomic mass is 19.1. The van der Waals surface area contributed by atoms with Crippen LogP contribution in [0.3, 0.4) is 0 Å². The fourth-order valence-corrected chi connectivity index (χ4v) is 15.3. The predicted octanol–water partition coefficient (Wildman–Crippen LogP) is 8.26. The van der Waals surface area contributed by atoms with Crippen molar-refractivity contribution in [3.63, 3.8) is 0 Å². The number of carbonyl (C=O) groups excluding carboxylic acids is 7. The van der Waals surface area contributed by atoms with E-state index in [1.54, 1.807) is 31.5 Å². The number of aromatic nitrogens is 3. The minimum absolute atomic E-state index is 0.0126. The third-order valence-corrected chi connectivity index (χ3v) is 20.0. The number of likely N-dealkylation sites (tertiary alicyclic amines) is 3. The minimum atomic E-state index is -1.01. The Hall–Kier alpha value is -7.58. The Morgan fingerprint density at radius 1 is 0.791 bits per heavy atom. The summed E-state index contributed by atoms with van der Waals surface area (Å²) in [5.74, 6) is -1.59. The summed E-state index contributed by atoms with van der Waals surface area (Å²) in [7, 11) is 0. The number of carbonyl (C=O) groups is 7. The molecule has 0 bridgehead atoms. The topological polar surface area (TPSA) is 206 Å². The van der Waals surface area contributed by atoms with Crippen molar-refractivity contribution < 1.29 is 38.0 Å². The number of anilines is 4. The van der Waals surface area contributed by atoms with Crippen molar-refractivity contribution in [2.45, 2.75) is 154 Å². The SMILES string of the molecule is Cc1cc(F)c(Nc2nc(-c3ccc4c(c3)N([C@H]3C[C@@H](N5CCCCC5)C3)C(=O)C43CCN(C(=O)CC4CCCN(CC5CCN(c6ccc7c(c6)C(=O)N(C6CCC(=O)NC6=O)C7=O)C5)C4)CC3)cc3ncn(C(C)C)c23)cc1C(=O)NC(C)C. The van der Waals surface area contributed by atoms with Gasteiger partial charge in [0.15, 0.2) is 5.82 Å². The van der Waals surface area contributed by atoms with E-state index in [4.69, 9.17) is 9.97 Å². The van der Waals surface area contributed by atoms with Gasteiger partial charge in [-0.05, 0) is 184 Å². The summed E-state index contributed by atoms with van der Waals surface area (Å²) in [6.45, 7) is 17.1. The van der Waals surface area contributed by atoms with E-state index in [2.05, 4.69) is 61.5 Å². The molecule has 3 unspecified atom stereocenters. The van der Waals surface area contributed by atoms with Gasteiger partial charge in [-0.25, -0.2) is 14.4 Å². The molecule has 1 saturated carbocycles. The molecule has 8 aliphatic rings. The summed E-state index contributed by atoms with van der Waals surface area (Å²) < 4.78 is 18.0. The molecule has 1 spiro atoms. The van der Waals surface area contributed by atoms with Crippen molar-refractivity contribution in [1.29, 1.82) is 0 Å². The van der Waals surface area contributed by atoms with Crippen LogP contribution in [0.4, 0.5) is 27.3 Å². The zero-order valence-electron chi connectivity index (χ0n) is 50.1. The largest absolute Gasteiger partial charge is 0.371 e. The third kappa shape index (κ3) is 10.5. The van der Waals surface area contributed by atoms with Crippen LogP contribution in [-0.4, -0.2) is 159 Å². The van der Waals surface area contributed by atoms with Crippen molar-refractivity contribution >= 4 is 75.3 Å². The number of amides is 7. The molecule has 19 nitrogen and oxygen atoms in total. The number of halogens is 1. The first-order chi connectivity index (χ1) is 41.4. The Morgan fingerprint density at radius 2 is 1.57 bits per heavy atom. The fourth-order valence-electron chi connectivity index (χ4n) is 15.3. The molecule has 0 radical (unpaired) electrons. The van der Waals surface area contributed by atoms with Gasteiger partial charge in [0, 0.05) is 98.8 Å². The monoisotopic (exact) mass is 1170 g/mol. The number of hydrogen-bond acceptors (Lipinski definition) is 13. The van der Waals surface area contributed by atoms with E-state index in [1.807, 2.05) is 41.5 Å². The number of pyridine rings is 1. The van der Waals surface area contributed by atoms with Gasteiger partial charge in [-0.15, -0.1) is 0 Å². The molecule has 7 aliphatic heterocycles. The molecule has 86 heavy (non-hydrogen) atoms. The molecule has 1 aliphatic carbocycles. The molecular formula is C66H79FN12O7. The molecule has 5 aromatic rings. The maximum absolute atomic E-state index is 16.0. The Kier molecular flexibility index (Phi) is 15.3. The van der Waals surface area contributed by atoms with Gasteiger partial charge < -0.3 is 39.7 Å². The first-order valence-corrected chi connectivity index (χ1v) is 31.5. The standard InChI is InChI=1S/C66H79FN12O7/c1-38(2)69-61(82)48-32-53(51(67)26-40(48)5)71-60-59-54(68-37-77(59)39(3)4)33-52(70-60)43-11-14-50-56(28-43)78(46-29-45(30-46)74-21-7-6-8-22-74)65(86)66(50)18-24-75(25-19-66)58(81)27-41-10-9-20-73(34-41)35-42-17-23-76(36-42)44-12-13-47-49(31-44)64(85)79(63(47)84)55-15-16-57(80)72-62(55)83/h11-14,26,28,31-33,37-39,41-42,45-46,55H,6-10,15-25,27,29-30,34-36H2,1-5H3,(H,69,82)(H,70,71)(H,72,80,83)/t41?,42?,45-,46+,55?. The summed E-state index contributed by atoms with van der Waals surface area (Å²) in [4.78, 5) is 117. The number of fused-ring (bicyclic) bond motifs is 4. The Bertz CT molecular complexity index is 3580. The van der Waals surface area contributed by atoms with Crippen molar-refractivity contribution in [2.75, 3.05) is 74.0 Å². The van der Waals surface area contributed by atoms with Gasteiger partial charge in [0.05, 0.1) is 39.8 Å². The molecular weight excluding hydrogens is 1090 g/mol. The number of aryl methyl sites for hydroxylation is 1. The van der Waals surface area contributed by atoms with Crippen molar-refractivity contribution in [3.8, 4) is 11.3 Å². The van der Waals surface area contributed by atoms with Gasteiger partial charge in [-0.1, -0.05) is 18.6 Å². The lowest BCUT2D eigenvalue weighted by Gasteiger charge is -2.48. The normalized spacial score (nSPS) is 24.3. The lowest BCUT2D eigenvalue weighted by molar-refractivity contribution is -0.137. The van der Waals surface area contributed by atoms with E-state index in [0.717, 1.165) is 105 Å². The Labute approximate surface area is 501 Å². The van der Waals surface area contributed by atoms with Crippen LogP contribution in [0.15, 0.2) is 60.9 Å². The van der Waals surface area contributed by atoms with Crippen LogP contribution in [0, 0.1) is 24.6 Å². The molecule has 452 valence electrons. The van der Waals surface area contributed by atoms with E-state index in [9.17, 15) is 28.8 Å². The second kappa shape index (κ2) is 22.9. The van der Waals surface area contributed by atoms with E-state index < -0.39 is 40.9 Å². The van der Waals surface area contributed by atoms with Crippen LogP contribution in [0.25, 0.3) is 22.3 Å². The van der Waals surface area contributed by atoms with Gasteiger partial charge in [0.2, 0.25) is 23.6 Å². The summed E-state index contributed by atoms with van der Waals surface area (Å²) in [6, 6.07) is 15.8. The first-order valence-electron chi connectivity index (χ1n) is 31.5. The van der Waals surface area contributed by atoms with Crippen LogP contribution in [0.5, 0.6) is 0 Å². The zero-order valence-corrected chi connectivity index (χ0v) is 50.1. The number of hydrogen-bond donors (Lipinski definition) is 3. The van der Waals surface area contributed by atoms with E-state index in [0.29, 0.717) is 78.0 Å². The van der Waals surface area contributed by atoms with Crippen LogP contribution in [-0.2, 0) is 24.6 Å². The van der Waals surface area contributed by atoms with Crippen molar-refractivity contribution in [3.05, 3.63) is 94.6 Å². The lowest BCUT2D eigenvalue weighted by atomic mass is 9.73. The predicted molar refractivity (Wildman–Crippen MR) is 325 cm³/mol. The summed E-state index contributed by atoms with van der Waals surface area (Å²) in [5, 5.41) is 8.48. The molecule has 20 heteroatoms. The second-order valence-corrected chi connectivity index (χ2v) is 26.4. The molecule has 13 rings (SSSR count). The maximum atomic E-state index is 16.0. The lowest BCUT2D eigenvalue weighted by Crippen LogP contribution is -2.58. The Balaban J connectivity index is 0.692. The van der Waals surface area contributed by atoms with Crippen LogP contribution in [0.2, 0.25) is 0 Å². The van der Waals surface area contributed by atoms with Gasteiger partial charge in [0.1, 0.15) is 17.4 Å².